The highest BCUT2D eigenvalue weighted by Gasteiger charge is 2.22. The zero-order chi connectivity index (χ0) is 12.1. The Morgan fingerprint density at radius 2 is 2.12 bits per heavy atom. The molecule has 3 heteroatoms. The highest BCUT2D eigenvalue weighted by molar-refractivity contribution is 5.09. The molecule has 0 aromatic carbocycles. The summed E-state index contributed by atoms with van der Waals surface area (Å²) in [5, 5.41) is 3.62. The number of nitrogens with zero attached hydrogens (tertiary/aromatic N) is 2. The maximum atomic E-state index is 4.05. The number of hydrogen-bond acceptors (Lipinski definition) is 3. The molecule has 1 N–H and O–H groups in total. The Hall–Kier alpha value is -0.930. The molecular weight excluding hydrogens is 210 g/mol. The molecule has 1 saturated carbocycles. The normalized spacial score (nSPS) is 17.4. The summed E-state index contributed by atoms with van der Waals surface area (Å²) in [7, 11) is 2.21. The predicted molar refractivity (Wildman–Crippen MR) is 70.8 cm³/mol. The van der Waals surface area contributed by atoms with E-state index >= 15 is 0 Å². The molecule has 94 valence electrons. The van der Waals surface area contributed by atoms with Crippen LogP contribution >= 0.6 is 0 Å². The third-order valence-corrected chi connectivity index (χ3v) is 3.50. The van der Waals surface area contributed by atoms with E-state index in [-0.39, 0.29) is 0 Å². The van der Waals surface area contributed by atoms with Crippen molar-refractivity contribution in [3.8, 4) is 0 Å². The zero-order valence-corrected chi connectivity index (χ0v) is 10.9. The van der Waals surface area contributed by atoms with E-state index in [0.717, 1.165) is 19.1 Å². The van der Waals surface area contributed by atoms with E-state index in [1.54, 1.807) is 0 Å². The van der Waals surface area contributed by atoms with E-state index in [2.05, 4.69) is 41.3 Å². The van der Waals surface area contributed by atoms with Gasteiger partial charge in [0.2, 0.25) is 0 Å². The fourth-order valence-corrected chi connectivity index (χ4v) is 2.11. The topological polar surface area (TPSA) is 28.2 Å². The Kier molecular flexibility index (Phi) is 4.51. The van der Waals surface area contributed by atoms with Crippen molar-refractivity contribution in [3.05, 3.63) is 30.1 Å². The Bertz CT molecular complexity index is 321. The number of likely N-dealkylation sites (N-methyl/N-ethyl adjacent to an activating group) is 1. The van der Waals surface area contributed by atoms with Crippen LogP contribution in [0.25, 0.3) is 0 Å². The minimum Gasteiger partial charge on any atom is -0.312 e. The molecule has 3 nitrogen and oxygen atoms in total. The number of pyridine rings is 1. The predicted octanol–water partition coefficient (Wildman–Crippen LogP) is 2.04. The average molecular weight is 233 g/mol. The van der Waals surface area contributed by atoms with Crippen LogP contribution in [-0.2, 0) is 6.54 Å². The van der Waals surface area contributed by atoms with Gasteiger partial charge in [0.05, 0.1) is 0 Å². The largest absolute Gasteiger partial charge is 0.312 e. The van der Waals surface area contributed by atoms with Crippen LogP contribution < -0.4 is 5.32 Å². The van der Waals surface area contributed by atoms with Gasteiger partial charge in [-0.05, 0) is 44.0 Å². The lowest BCUT2D eigenvalue weighted by Crippen LogP contribution is -2.40. The smallest absolute Gasteiger partial charge is 0.0271 e. The van der Waals surface area contributed by atoms with Crippen molar-refractivity contribution in [3.63, 3.8) is 0 Å². The molecule has 0 spiro atoms. The lowest BCUT2D eigenvalue weighted by atomic mass is 10.1. The first-order chi connectivity index (χ1) is 8.29. The molecule has 0 amide bonds. The lowest BCUT2D eigenvalue weighted by molar-refractivity contribution is 0.221. The minimum atomic E-state index is 0.628. The molecule has 0 radical (unpaired) electrons. The summed E-state index contributed by atoms with van der Waals surface area (Å²) in [6.07, 6.45) is 7.66. The maximum absolute atomic E-state index is 4.05. The van der Waals surface area contributed by atoms with E-state index in [9.17, 15) is 0 Å². The van der Waals surface area contributed by atoms with Crippen LogP contribution in [0.3, 0.4) is 0 Å². The van der Waals surface area contributed by atoms with Crippen molar-refractivity contribution in [2.24, 2.45) is 0 Å². The van der Waals surface area contributed by atoms with Crippen molar-refractivity contribution < 1.29 is 0 Å². The zero-order valence-electron chi connectivity index (χ0n) is 10.9. The molecular formula is C14H23N3. The SMILES string of the molecule is CCC(CNC1CC1)N(C)Cc1ccncc1. The molecule has 1 fully saturated rings. The Balaban J connectivity index is 1.80. The highest BCUT2D eigenvalue weighted by Crippen LogP contribution is 2.19. The van der Waals surface area contributed by atoms with Crippen molar-refractivity contribution in [1.82, 2.24) is 15.2 Å². The molecule has 2 rings (SSSR count). The molecule has 0 aliphatic heterocycles. The third kappa shape index (κ3) is 4.10. The van der Waals surface area contributed by atoms with E-state index < -0.39 is 0 Å². The second-order valence-electron chi connectivity index (χ2n) is 5.02. The number of nitrogens with one attached hydrogen (secondary N) is 1. The fraction of sp³-hybridized carbons (Fsp3) is 0.643. The van der Waals surface area contributed by atoms with E-state index in [4.69, 9.17) is 0 Å². The molecule has 17 heavy (non-hydrogen) atoms. The quantitative estimate of drug-likeness (QED) is 0.781. The first kappa shape index (κ1) is 12.5. The maximum Gasteiger partial charge on any atom is 0.0271 e. The molecule has 1 atom stereocenters. The Labute approximate surface area is 104 Å². The van der Waals surface area contributed by atoms with Gasteiger partial charge in [0.1, 0.15) is 0 Å². The van der Waals surface area contributed by atoms with Gasteiger partial charge in [-0.1, -0.05) is 6.92 Å². The van der Waals surface area contributed by atoms with Crippen LogP contribution in [0.2, 0.25) is 0 Å². The lowest BCUT2D eigenvalue weighted by Gasteiger charge is -2.27. The molecule has 1 unspecified atom stereocenters. The van der Waals surface area contributed by atoms with Gasteiger partial charge in [0.15, 0.2) is 0 Å². The molecule has 1 aliphatic carbocycles. The Morgan fingerprint density at radius 3 is 2.71 bits per heavy atom. The number of rotatable bonds is 7. The molecule has 1 aromatic rings. The molecule has 1 aromatic heterocycles. The number of hydrogen-bond donors (Lipinski definition) is 1. The van der Waals surface area contributed by atoms with E-state index in [0.29, 0.717) is 6.04 Å². The van der Waals surface area contributed by atoms with Crippen LogP contribution in [0.5, 0.6) is 0 Å². The summed E-state index contributed by atoms with van der Waals surface area (Å²) in [5.74, 6) is 0. The van der Waals surface area contributed by atoms with Gasteiger partial charge in [-0.2, -0.15) is 0 Å². The van der Waals surface area contributed by atoms with Crippen LogP contribution in [0.15, 0.2) is 24.5 Å². The summed E-state index contributed by atoms with van der Waals surface area (Å²) < 4.78 is 0. The van der Waals surface area contributed by atoms with Crippen LogP contribution in [-0.4, -0.2) is 35.6 Å². The third-order valence-electron chi connectivity index (χ3n) is 3.50. The van der Waals surface area contributed by atoms with Crippen molar-refractivity contribution >= 4 is 0 Å². The van der Waals surface area contributed by atoms with Crippen molar-refractivity contribution in [2.75, 3.05) is 13.6 Å². The summed E-state index contributed by atoms with van der Waals surface area (Å²) in [6.45, 7) is 4.39. The molecule has 1 aliphatic rings. The van der Waals surface area contributed by atoms with Gasteiger partial charge in [-0.25, -0.2) is 0 Å². The standard InChI is InChI=1S/C14H23N3/c1-3-14(10-16-13-4-5-13)17(2)11-12-6-8-15-9-7-12/h6-9,13-14,16H,3-5,10-11H2,1-2H3. The second-order valence-corrected chi connectivity index (χ2v) is 5.02. The van der Waals surface area contributed by atoms with E-state index in [1.165, 1.54) is 24.8 Å². The fourth-order valence-electron chi connectivity index (χ4n) is 2.11. The first-order valence-electron chi connectivity index (χ1n) is 6.62. The summed E-state index contributed by atoms with van der Waals surface area (Å²) in [4.78, 5) is 6.49. The van der Waals surface area contributed by atoms with Crippen LogP contribution in [0.4, 0.5) is 0 Å². The van der Waals surface area contributed by atoms with Gasteiger partial charge in [-0.15, -0.1) is 0 Å². The summed E-state index contributed by atoms with van der Waals surface area (Å²) in [6, 6.07) is 5.62. The van der Waals surface area contributed by atoms with Gasteiger partial charge < -0.3 is 5.32 Å². The van der Waals surface area contributed by atoms with Gasteiger partial charge >= 0.3 is 0 Å². The van der Waals surface area contributed by atoms with Gasteiger partial charge in [0, 0.05) is 37.6 Å². The minimum absolute atomic E-state index is 0.628. The van der Waals surface area contributed by atoms with Gasteiger partial charge in [0.25, 0.3) is 0 Å². The molecule has 0 bridgehead atoms. The van der Waals surface area contributed by atoms with Crippen molar-refractivity contribution in [2.45, 2.75) is 44.8 Å². The monoisotopic (exact) mass is 233 g/mol. The first-order valence-corrected chi connectivity index (χ1v) is 6.62. The summed E-state index contributed by atoms with van der Waals surface area (Å²) >= 11 is 0. The molecule has 1 heterocycles. The van der Waals surface area contributed by atoms with Gasteiger partial charge in [-0.3, -0.25) is 9.88 Å². The van der Waals surface area contributed by atoms with Crippen LogP contribution in [0.1, 0.15) is 31.7 Å². The van der Waals surface area contributed by atoms with E-state index in [1.807, 2.05) is 12.4 Å². The number of aromatic nitrogens is 1. The summed E-state index contributed by atoms with van der Waals surface area (Å²) in [5.41, 5.74) is 1.34. The molecule has 0 saturated heterocycles. The van der Waals surface area contributed by atoms with Crippen LogP contribution in [0, 0.1) is 0 Å². The average Bonchev–Trinajstić information content (AvgIpc) is 3.15. The van der Waals surface area contributed by atoms with Crippen molar-refractivity contribution in [1.29, 1.82) is 0 Å². The Morgan fingerprint density at radius 1 is 1.41 bits per heavy atom. The highest BCUT2D eigenvalue weighted by atomic mass is 15.2. The second kappa shape index (κ2) is 6.12.